The molecule has 2 nitrogen and oxygen atoms in total. The van der Waals surface area contributed by atoms with Crippen molar-refractivity contribution >= 4 is 10.9 Å². The molecule has 96 valence electrons. The molecule has 0 radical (unpaired) electrons. The van der Waals surface area contributed by atoms with Gasteiger partial charge in [0.25, 0.3) is 0 Å². The number of halogens is 3. The Kier molecular flexibility index (Phi) is 2.55. The molecule has 0 aliphatic rings. The average molecular weight is 262 g/mol. The summed E-state index contributed by atoms with van der Waals surface area (Å²) in [4.78, 5) is 0. The number of H-pyrrole nitrogens is 1. The van der Waals surface area contributed by atoms with Crippen LogP contribution in [0.3, 0.4) is 0 Å². The van der Waals surface area contributed by atoms with Crippen molar-refractivity contribution in [3.63, 3.8) is 0 Å². The first-order valence-electron chi connectivity index (χ1n) is 5.66. The second-order valence-electron chi connectivity index (χ2n) is 4.18. The third kappa shape index (κ3) is 1.97. The largest absolute Gasteiger partial charge is 0.417 e. The molecular formula is C14H9F3N2. The van der Waals surface area contributed by atoms with E-state index in [2.05, 4.69) is 10.2 Å². The van der Waals surface area contributed by atoms with Crippen molar-refractivity contribution in [2.24, 2.45) is 0 Å². The minimum atomic E-state index is -4.37. The second-order valence-corrected chi connectivity index (χ2v) is 4.18. The minimum Gasteiger partial charge on any atom is -0.278 e. The summed E-state index contributed by atoms with van der Waals surface area (Å²) in [6.45, 7) is 0. The molecule has 0 bridgehead atoms. The van der Waals surface area contributed by atoms with Gasteiger partial charge in [-0.25, -0.2) is 0 Å². The Bertz CT molecular complexity index is 729. The molecule has 0 spiro atoms. The quantitative estimate of drug-likeness (QED) is 0.697. The number of aromatic nitrogens is 2. The van der Waals surface area contributed by atoms with Crippen LogP contribution in [0.25, 0.3) is 22.0 Å². The molecule has 3 aromatic rings. The lowest BCUT2D eigenvalue weighted by atomic mass is 9.97. The third-order valence-electron chi connectivity index (χ3n) is 3.01. The molecule has 0 atom stereocenters. The summed E-state index contributed by atoms with van der Waals surface area (Å²) >= 11 is 0. The van der Waals surface area contributed by atoms with Crippen molar-refractivity contribution in [3.05, 3.63) is 54.2 Å². The van der Waals surface area contributed by atoms with Crippen LogP contribution < -0.4 is 0 Å². The van der Waals surface area contributed by atoms with Gasteiger partial charge in [0, 0.05) is 5.39 Å². The number of fused-ring (bicyclic) bond motifs is 1. The lowest BCUT2D eigenvalue weighted by Crippen LogP contribution is -2.06. The standard InChI is InChI=1S/C14H9F3N2/c15-14(16,17)12-6-2-1-4-10(12)9-5-3-7-13-11(9)8-18-19-13/h1-8H,(H,18,19). The van der Waals surface area contributed by atoms with Crippen LogP contribution in [0.5, 0.6) is 0 Å². The van der Waals surface area contributed by atoms with Crippen LogP contribution in [-0.2, 0) is 6.18 Å². The Morgan fingerprint density at radius 3 is 2.42 bits per heavy atom. The Morgan fingerprint density at radius 2 is 1.63 bits per heavy atom. The maximum Gasteiger partial charge on any atom is 0.417 e. The summed E-state index contributed by atoms with van der Waals surface area (Å²) in [7, 11) is 0. The van der Waals surface area contributed by atoms with Crippen LogP contribution in [0.4, 0.5) is 13.2 Å². The molecule has 0 amide bonds. The van der Waals surface area contributed by atoms with Gasteiger partial charge in [0.1, 0.15) is 0 Å². The van der Waals surface area contributed by atoms with Gasteiger partial charge in [-0.2, -0.15) is 18.3 Å². The van der Waals surface area contributed by atoms with Crippen LogP contribution >= 0.6 is 0 Å². The zero-order valence-electron chi connectivity index (χ0n) is 9.70. The molecule has 0 aliphatic carbocycles. The second kappa shape index (κ2) is 4.12. The number of benzene rings is 2. The third-order valence-corrected chi connectivity index (χ3v) is 3.01. The number of rotatable bonds is 1. The minimum absolute atomic E-state index is 0.169. The van der Waals surface area contributed by atoms with Gasteiger partial charge in [-0.3, -0.25) is 5.10 Å². The predicted molar refractivity (Wildman–Crippen MR) is 66.5 cm³/mol. The zero-order chi connectivity index (χ0) is 13.5. The summed E-state index contributed by atoms with van der Waals surface area (Å²) in [6, 6.07) is 10.7. The maximum absolute atomic E-state index is 13.0. The highest BCUT2D eigenvalue weighted by molar-refractivity contribution is 5.95. The number of hydrogen-bond acceptors (Lipinski definition) is 1. The van der Waals surface area contributed by atoms with E-state index in [0.717, 1.165) is 11.6 Å². The molecule has 0 unspecified atom stereocenters. The lowest BCUT2D eigenvalue weighted by Gasteiger charge is -2.13. The lowest BCUT2D eigenvalue weighted by molar-refractivity contribution is -0.137. The normalized spacial score (nSPS) is 11.9. The monoisotopic (exact) mass is 262 g/mol. The van der Waals surface area contributed by atoms with Crippen molar-refractivity contribution in [1.29, 1.82) is 0 Å². The van der Waals surface area contributed by atoms with Gasteiger partial charge in [-0.15, -0.1) is 0 Å². The average Bonchev–Trinajstić information content (AvgIpc) is 2.85. The van der Waals surface area contributed by atoms with E-state index in [0.29, 0.717) is 10.9 Å². The molecule has 1 aromatic heterocycles. The van der Waals surface area contributed by atoms with E-state index in [9.17, 15) is 13.2 Å². The van der Waals surface area contributed by atoms with Crippen LogP contribution in [-0.4, -0.2) is 10.2 Å². The Hall–Kier alpha value is -2.30. The van der Waals surface area contributed by atoms with Crippen molar-refractivity contribution in [2.45, 2.75) is 6.18 Å². The first kappa shape index (κ1) is 11.8. The molecule has 5 heteroatoms. The van der Waals surface area contributed by atoms with Crippen LogP contribution in [0.1, 0.15) is 5.56 Å². The van der Waals surface area contributed by atoms with Gasteiger partial charge in [0.2, 0.25) is 0 Å². The van der Waals surface area contributed by atoms with E-state index in [1.165, 1.54) is 18.3 Å². The molecule has 1 heterocycles. The highest BCUT2D eigenvalue weighted by Gasteiger charge is 2.33. The molecule has 0 fully saturated rings. The van der Waals surface area contributed by atoms with E-state index >= 15 is 0 Å². The molecule has 1 N–H and O–H groups in total. The molecule has 0 saturated carbocycles. The number of alkyl halides is 3. The van der Waals surface area contributed by atoms with Gasteiger partial charge >= 0.3 is 6.18 Å². The fourth-order valence-corrected chi connectivity index (χ4v) is 2.17. The van der Waals surface area contributed by atoms with E-state index in [1.807, 2.05) is 0 Å². The van der Waals surface area contributed by atoms with E-state index < -0.39 is 11.7 Å². The van der Waals surface area contributed by atoms with Gasteiger partial charge < -0.3 is 0 Å². The Labute approximate surface area is 106 Å². The SMILES string of the molecule is FC(F)(F)c1ccccc1-c1cccc2[nH]ncc12. The maximum atomic E-state index is 13.0. The summed E-state index contributed by atoms with van der Waals surface area (Å²) in [6.07, 6.45) is -2.83. The smallest absolute Gasteiger partial charge is 0.278 e. The van der Waals surface area contributed by atoms with Crippen LogP contribution in [0.2, 0.25) is 0 Å². The van der Waals surface area contributed by atoms with Crippen molar-refractivity contribution in [3.8, 4) is 11.1 Å². The highest BCUT2D eigenvalue weighted by atomic mass is 19.4. The van der Waals surface area contributed by atoms with Gasteiger partial charge in [-0.05, 0) is 23.3 Å². The molecule has 19 heavy (non-hydrogen) atoms. The number of hydrogen-bond donors (Lipinski definition) is 1. The molecule has 3 rings (SSSR count). The van der Waals surface area contributed by atoms with Crippen molar-refractivity contribution in [2.75, 3.05) is 0 Å². The van der Waals surface area contributed by atoms with Gasteiger partial charge in [0.15, 0.2) is 0 Å². The topological polar surface area (TPSA) is 28.7 Å². The Balaban J connectivity index is 2.31. The summed E-state index contributed by atoms with van der Waals surface area (Å²) < 4.78 is 39.1. The van der Waals surface area contributed by atoms with Crippen molar-refractivity contribution < 1.29 is 13.2 Å². The van der Waals surface area contributed by atoms with Crippen molar-refractivity contribution in [1.82, 2.24) is 10.2 Å². The molecular weight excluding hydrogens is 253 g/mol. The van der Waals surface area contributed by atoms with Crippen LogP contribution in [0.15, 0.2) is 48.7 Å². The number of nitrogens with one attached hydrogen (secondary N) is 1. The summed E-state index contributed by atoms with van der Waals surface area (Å²) in [5.74, 6) is 0. The number of aromatic amines is 1. The molecule has 0 saturated heterocycles. The Morgan fingerprint density at radius 1 is 0.895 bits per heavy atom. The van der Waals surface area contributed by atoms with E-state index in [-0.39, 0.29) is 5.56 Å². The predicted octanol–water partition coefficient (Wildman–Crippen LogP) is 4.25. The summed E-state index contributed by atoms with van der Waals surface area (Å²) in [5, 5.41) is 7.31. The number of nitrogens with zero attached hydrogens (tertiary/aromatic N) is 1. The fourth-order valence-electron chi connectivity index (χ4n) is 2.17. The summed E-state index contributed by atoms with van der Waals surface area (Å²) in [5.41, 5.74) is 0.777. The van der Waals surface area contributed by atoms with Gasteiger partial charge in [0.05, 0.1) is 17.3 Å². The molecule has 0 aliphatic heterocycles. The highest BCUT2D eigenvalue weighted by Crippen LogP contribution is 2.38. The zero-order valence-corrected chi connectivity index (χ0v) is 9.70. The van der Waals surface area contributed by atoms with Crippen LogP contribution in [0, 0.1) is 0 Å². The van der Waals surface area contributed by atoms with E-state index in [1.54, 1.807) is 24.3 Å². The first-order valence-corrected chi connectivity index (χ1v) is 5.66. The molecule has 2 aromatic carbocycles. The van der Waals surface area contributed by atoms with Gasteiger partial charge in [-0.1, -0.05) is 30.3 Å². The fraction of sp³-hybridized carbons (Fsp3) is 0.0714. The van der Waals surface area contributed by atoms with E-state index in [4.69, 9.17) is 0 Å². The first-order chi connectivity index (χ1) is 9.07.